The normalized spacial score (nSPS) is 11.8. The monoisotopic (exact) mass is 219 g/mol. The molecule has 0 aliphatic rings. The molecule has 1 aromatic carbocycles. The van der Waals surface area contributed by atoms with E-state index in [0.29, 0.717) is 23.9 Å². The van der Waals surface area contributed by atoms with Crippen LogP contribution in [0.1, 0.15) is 18.9 Å². The van der Waals surface area contributed by atoms with Gasteiger partial charge in [0.15, 0.2) is 0 Å². The summed E-state index contributed by atoms with van der Waals surface area (Å²) in [7, 11) is 1.68. The van der Waals surface area contributed by atoms with E-state index >= 15 is 0 Å². The van der Waals surface area contributed by atoms with E-state index in [-0.39, 0.29) is 0 Å². The van der Waals surface area contributed by atoms with Gasteiger partial charge in [0.1, 0.15) is 6.07 Å². The van der Waals surface area contributed by atoms with Gasteiger partial charge in [-0.2, -0.15) is 5.26 Å². The van der Waals surface area contributed by atoms with E-state index in [2.05, 4.69) is 18.3 Å². The lowest BCUT2D eigenvalue weighted by atomic mass is 10.1. The van der Waals surface area contributed by atoms with E-state index < -0.39 is 0 Å². The van der Waals surface area contributed by atoms with Crippen molar-refractivity contribution in [3.8, 4) is 6.07 Å². The molecule has 0 aliphatic carbocycles. The van der Waals surface area contributed by atoms with Gasteiger partial charge in [0.25, 0.3) is 0 Å². The SMILES string of the molecule is COCCC(C)Nc1ccc(N)c(C#N)c1. The van der Waals surface area contributed by atoms with Gasteiger partial charge < -0.3 is 15.8 Å². The zero-order chi connectivity index (χ0) is 12.0. The van der Waals surface area contributed by atoms with E-state index in [4.69, 9.17) is 15.7 Å². The van der Waals surface area contributed by atoms with Gasteiger partial charge in [-0.25, -0.2) is 0 Å². The predicted molar refractivity (Wildman–Crippen MR) is 65.1 cm³/mol. The molecule has 0 aromatic heterocycles. The fourth-order valence-corrected chi connectivity index (χ4v) is 1.39. The first-order valence-corrected chi connectivity index (χ1v) is 5.22. The highest BCUT2D eigenvalue weighted by molar-refractivity contribution is 5.62. The molecule has 0 aliphatic heterocycles. The minimum Gasteiger partial charge on any atom is -0.398 e. The number of rotatable bonds is 5. The summed E-state index contributed by atoms with van der Waals surface area (Å²) in [5.74, 6) is 0. The molecule has 86 valence electrons. The van der Waals surface area contributed by atoms with Gasteiger partial charge in [0.2, 0.25) is 0 Å². The molecule has 16 heavy (non-hydrogen) atoms. The molecule has 0 bridgehead atoms. The van der Waals surface area contributed by atoms with Crippen LogP contribution in [0, 0.1) is 11.3 Å². The lowest BCUT2D eigenvalue weighted by Crippen LogP contribution is -2.17. The molecular weight excluding hydrogens is 202 g/mol. The first-order valence-electron chi connectivity index (χ1n) is 5.22. The second-order valence-electron chi connectivity index (χ2n) is 3.74. The molecular formula is C12H17N3O. The zero-order valence-electron chi connectivity index (χ0n) is 9.66. The molecule has 1 aromatic rings. The number of nitrogens with zero attached hydrogens (tertiary/aromatic N) is 1. The summed E-state index contributed by atoms with van der Waals surface area (Å²) in [6, 6.07) is 7.74. The van der Waals surface area contributed by atoms with Gasteiger partial charge in [0, 0.05) is 31.1 Å². The summed E-state index contributed by atoms with van der Waals surface area (Å²) in [5, 5.41) is 12.1. The molecule has 1 atom stereocenters. The molecule has 4 heteroatoms. The molecule has 0 heterocycles. The Labute approximate surface area is 96.0 Å². The summed E-state index contributed by atoms with van der Waals surface area (Å²) in [4.78, 5) is 0. The standard InChI is InChI=1S/C12H17N3O/c1-9(5-6-16-2)15-11-3-4-12(14)10(7-11)8-13/h3-4,7,9,15H,5-6,14H2,1-2H3. The van der Waals surface area contributed by atoms with Gasteiger partial charge in [-0.15, -0.1) is 0 Å². The quantitative estimate of drug-likeness (QED) is 0.743. The third kappa shape index (κ3) is 3.44. The number of nitrogens with one attached hydrogen (secondary N) is 1. The highest BCUT2D eigenvalue weighted by Crippen LogP contribution is 2.17. The van der Waals surface area contributed by atoms with Crippen LogP contribution >= 0.6 is 0 Å². The minimum atomic E-state index is 0.301. The van der Waals surface area contributed by atoms with Crippen LogP contribution in [0.5, 0.6) is 0 Å². The number of nitrogen functional groups attached to an aromatic ring is 1. The lowest BCUT2D eigenvalue weighted by molar-refractivity contribution is 0.191. The molecule has 4 nitrogen and oxygen atoms in total. The predicted octanol–water partition coefficient (Wildman–Crippen LogP) is 1.98. The van der Waals surface area contributed by atoms with Crippen molar-refractivity contribution in [1.82, 2.24) is 0 Å². The van der Waals surface area contributed by atoms with Crippen molar-refractivity contribution < 1.29 is 4.74 Å². The summed E-state index contributed by atoms with van der Waals surface area (Å²) < 4.78 is 5.00. The van der Waals surface area contributed by atoms with Gasteiger partial charge in [0.05, 0.1) is 5.56 Å². The molecule has 0 spiro atoms. The number of benzene rings is 1. The maximum atomic E-state index is 8.84. The van der Waals surface area contributed by atoms with E-state index in [0.717, 1.165) is 12.1 Å². The summed E-state index contributed by atoms with van der Waals surface area (Å²) in [6.45, 7) is 2.79. The van der Waals surface area contributed by atoms with Crippen LogP contribution in [0.15, 0.2) is 18.2 Å². The van der Waals surface area contributed by atoms with Crippen molar-refractivity contribution in [2.75, 3.05) is 24.8 Å². The Kier molecular flexibility index (Phi) is 4.62. The molecule has 0 radical (unpaired) electrons. The van der Waals surface area contributed by atoms with Crippen molar-refractivity contribution in [1.29, 1.82) is 5.26 Å². The largest absolute Gasteiger partial charge is 0.398 e. The van der Waals surface area contributed by atoms with Crippen LogP contribution < -0.4 is 11.1 Å². The maximum Gasteiger partial charge on any atom is 0.101 e. The zero-order valence-corrected chi connectivity index (χ0v) is 9.66. The third-order valence-electron chi connectivity index (χ3n) is 2.34. The number of anilines is 2. The Hall–Kier alpha value is -1.73. The van der Waals surface area contributed by atoms with Crippen LogP contribution in [0.25, 0.3) is 0 Å². The average molecular weight is 219 g/mol. The Morgan fingerprint density at radius 3 is 2.94 bits per heavy atom. The van der Waals surface area contributed by atoms with Gasteiger partial charge >= 0.3 is 0 Å². The fourth-order valence-electron chi connectivity index (χ4n) is 1.39. The third-order valence-corrected chi connectivity index (χ3v) is 2.34. The van der Waals surface area contributed by atoms with Crippen molar-refractivity contribution in [3.05, 3.63) is 23.8 Å². The van der Waals surface area contributed by atoms with Crippen LogP contribution in [-0.2, 0) is 4.74 Å². The van der Waals surface area contributed by atoms with Crippen molar-refractivity contribution in [2.24, 2.45) is 0 Å². The van der Waals surface area contributed by atoms with Crippen molar-refractivity contribution >= 4 is 11.4 Å². The summed E-state index contributed by atoms with van der Waals surface area (Å²) in [5.41, 5.74) is 7.57. The fraction of sp³-hybridized carbons (Fsp3) is 0.417. The molecule has 1 unspecified atom stereocenters. The highest BCUT2D eigenvalue weighted by atomic mass is 16.5. The lowest BCUT2D eigenvalue weighted by Gasteiger charge is -2.15. The molecule has 3 N–H and O–H groups in total. The first kappa shape index (κ1) is 12.3. The van der Waals surface area contributed by atoms with Gasteiger partial charge in [-0.1, -0.05) is 0 Å². The van der Waals surface area contributed by atoms with Crippen LogP contribution in [0.4, 0.5) is 11.4 Å². The maximum absolute atomic E-state index is 8.84. The molecule has 0 fully saturated rings. The van der Waals surface area contributed by atoms with Crippen LogP contribution in [0.3, 0.4) is 0 Å². The molecule has 1 rings (SSSR count). The topological polar surface area (TPSA) is 71.1 Å². The Morgan fingerprint density at radius 2 is 2.31 bits per heavy atom. The number of ether oxygens (including phenoxy) is 1. The van der Waals surface area contributed by atoms with Crippen molar-refractivity contribution in [2.45, 2.75) is 19.4 Å². The number of nitrogens with two attached hydrogens (primary N) is 1. The van der Waals surface area contributed by atoms with Crippen LogP contribution in [-0.4, -0.2) is 19.8 Å². The Bertz CT molecular complexity index is 384. The van der Waals surface area contributed by atoms with Gasteiger partial charge in [-0.05, 0) is 31.5 Å². The Balaban J connectivity index is 2.64. The second kappa shape index (κ2) is 5.99. The van der Waals surface area contributed by atoms with Gasteiger partial charge in [-0.3, -0.25) is 0 Å². The van der Waals surface area contributed by atoms with E-state index in [1.54, 1.807) is 19.2 Å². The average Bonchev–Trinajstić information content (AvgIpc) is 2.29. The highest BCUT2D eigenvalue weighted by Gasteiger charge is 2.04. The Morgan fingerprint density at radius 1 is 1.56 bits per heavy atom. The number of methoxy groups -OCH3 is 1. The van der Waals surface area contributed by atoms with E-state index in [1.165, 1.54) is 0 Å². The first-order chi connectivity index (χ1) is 7.67. The van der Waals surface area contributed by atoms with E-state index in [9.17, 15) is 0 Å². The van der Waals surface area contributed by atoms with E-state index in [1.807, 2.05) is 6.07 Å². The summed E-state index contributed by atoms with van der Waals surface area (Å²) >= 11 is 0. The molecule has 0 amide bonds. The van der Waals surface area contributed by atoms with Crippen molar-refractivity contribution in [3.63, 3.8) is 0 Å². The number of hydrogen-bond donors (Lipinski definition) is 2. The van der Waals surface area contributed by atoms with Crippen LogP contribution in [0.2, 0.25) is 0 Å². The molecule has 0 saturated carbocycles. The minimum absolute atomic E-state index is 0.301. The number of hydrogen-bond acceptors (Lipinski definition) is 4. The molecule has 0 saturated heterocycles. The summed E-state index contributed by atoms with van der Waals surface area (Å²) in [6.07, 6.45) is 0.919. The number of nitriles is 1. The smallest absolute Gasteiger partial charge is 0.101 e. The second-order valence-corrected chi connectivity index (χ2v) is 3.74.